The summed E-state index contributed by atoms with van der Waals surface area (Å²) in [6, 6.07) is 7.76. The van der Waals surface area contributed by atoms with Crippen molar-refractivity contribution in [2.24, 2.45) is 0 Å². The van der Waals surface area contributed by atoms with Crippen LogP contribution < -0.4 is 4.74 Å². The highest BCUT2D eigenvalue weighted by molar-refractivity contribution is 6.18. The van der Waals surface area contributed by atoms with E-state index < -0.39 is 0 Å². The summed E-state index contributed by atoms with van der Waals surface area (Å²) in [6.45, 7) is 4.60. The lowest BCUT2D eigenvalue weighted by Gasteiger charge is -2.28. The summed E-state index contributed by atoms with van der Waals surface area (Å²) < 4.78 is 5.61. The molecule has 0 bridgehead atoms. The number of halogens is 1. The number of benzene rings is 1. The van der Waals surface area contributed by atoms with E-state index in [1.807, 2.05) is 43.0 Å². The minimum absolute atomic E-state index is 0.0821. The van der Waals surface area contributed by atoms with Crippen LogP contribution in [0.5, 0.6) is 5.75 Å². The molecule has 1 aliphatic rings. The summed E-state index contributed by atoms with van der Waals surface area (Å²) in [5.41, 5.74) is 0.711. The predicted octanol–water partition coefficient (Wildman–Crippen LogP) is 4.10. The van der Waals surface area contributed by atoms with E-state index in [9.17, 15) is 4.79 Å². The van der Waals surface area contributed by atoms with Gasteiger partial charge in [0.15, 0.2) is 0 Å². The average molecular weight is 310 g/mol. The molecule has 0 heterocycles. The van der Waals surface area contributed by atoms with Gasteiger partial charge in [-0.3, -0.25) is 4.79 Å². The van der Waals surface area contributed by atoms with Gasteiger partial charge in [-0.05, 0) is 51.0 Å². The molecule has 0 saturated heterocycles. The third kappa shape index (κ3) is 4.37. The van der Waals surface area contributed by atoms with Crippen molar-refractivity contribution < 1.29 is 9.53 Å². The van der Waals surface area contributed by atoms with Gasteiger partial charge in [-0.15, -0.1) is 11.6 Å². The molecule has 3 nitrogen and oxygen atoms in total. The number of rotatable bonds is 6. The largest absolute Gasteiger partial charge is 0.491 e. The van der Waals surface area contributed by atoms with E-state index in [4.69, 9.17) is 16.3 Å². The van der Waals surface area contributed by atoms with Crippen LogP contribution in [0.25, 0.3) is 0 Å². The lowest BCUT2D eigenvalue weighted by molar-refractivity contribution is 0.0695. The first-order chi connectivity index (χ1) is 10.1. The van der Waals surface area contributed by atoms with Gasteiger partial charge in [0.25, 0.3) is 5.91 Å². The van der Waals surface area contributed by atoms with Gasteiger partial charge in [-0.25, -0.2) is 0 Å². The minimum atomic E-state index is 0.0821. The maximum absolute atomic E-state index is 12.7. The first-order valence-electron chi connectivity index (χ1n) is 7.75. The molecule has 116 valence electrons. The Balaban J connectivity index is 2.08. The Morgan fingerprint density at radius 3 is 2.43 bits per heavy atom. The number of carbonyl (C=O) groups excluding carboxylic acids is 1. The Morgan fingerprint density at radius 1 is 1.29 bits per heavy atom. The van der Waals surface area contributed by atoms with Gasteiger partial charge in [0.05, 0.1) is 6.10 Å². The molecule has 4 heteroatoms. The van der Waals surface area contributed by atoms with Gasteiger partial charge < -0.3 is 9.64 Å². The number of nitrogens with zero attached hydrogens (tertiary/aromatic N) is 1. The monoisotopic (exact) mass is 309 g/mol. The Labute approximate surface area is 132 Å². The zero-order valence-corrected chi connectivity index (χ0v) is 13.6. The van der Waals surface area contributed by atoms with Crippen LogP contribution in [0.2, 0.25) is 0 Å². The fourth-order valence-electron chi connectivity index (χ4n) is 2.87. The van der Waals surface area contributed by atoms with Crippen molar-refractivity contribution in [3.8, 4) is 5.75 Å². The number of amides is 1. The SMILES string of the molecule is CC(C)Oc1ccc(C(=O)N(CCCl)C2CCCC2)cc1. The molecule has 0 radical (unpaired) electrons. The van der Waals surface area contributed by atoms with Gasteiger partial charge >= 0.3 is 0 Å². The minimum Gasteiger partial charge on any atom is -0.491 e. The highest BCUT2D eigenvalue weighted by Gasteiger charge is 2.26. The highest BCUT2D eigenvalue weighted by atomic mass is 35.5. The van der Waals surface area contributed by atoms with Crippen LogP contribution in [-0.2, 0) is 0 Å². The van der Waals surface area contributed by atoms with Crippen molar-refractivity contribution in [2.75, 3.05) is 12.4 Å². The van der Waals surface area contributed by atoms with Crippen LogP contribution in [0.4, 0.5) is 0 Å². The van der Waals surface area contributed by atoms with Crippen molar-refractivity contribution in [3.63, 3.8) is 0 Å². The summed E-state index contributed by atoms with van der Waals surface area (Å²) in [4.78, 5) is 14.6. The maximum atomic E-state index is 12.7. The molecule has 0 unspecified atom stereocenters. The summed E-state index contributed by atoms with van der Waals surface area (Å²) >= 11 is 5.87. The second-order valence-corrected chi connectivity index (χ2v) is 6.19. The maximum Gasteiger partial charge on any atom is 0.254 e. The molecule has 0 spiro atoms. The van der Waals surface area contributed by atoms with Crippen LogP contribution in [0.1, 0.15) is 49.9 Å². The molecule has 1 aromatic carbocycles. The molecule has 1 saturated carbocycles. The second-order valence-electron chi connectivity index (χ2n) is 5.82. The van der Waals surface area contributed by atoms with E-state index in [1.54, 1.807) is 0 Å². The van der Waals surface area contributed by atoms with E-state index in [2.05, 4.69) is 0 Å². The lowest BCUT2D eigenvalue weighted by Crippen LogP contribution is -2.40. The summed E-state index contributed by atoms with van der Waals surface area (Å²) in [5.74, 6) is 1.36. The molecule has 0 aromatic heterocycles. The number of alkyl halides is 1. The predicted molar refractivity (Wildman–Crippen MR) is 86.2 cm³/mol. The standard InChI is InChI=1S/C17H24ClNO2/c1-13(2)21-16-9-7-14(8-10-16)17(20)19(12-11-18)15-5-3-4-6-15/h7-10,13,15H,3-6,11-12H2,1-2H3. The third-order valence-electron chi connectivity index (χ3n) is 3.82. The fraction of sp³-hybridized carbons (Fsp3) is 0.588. The first-order valence-corrected chi connectivity index (χ1v) is 8.29. The van der Waals surface area contributed by atoms with Gasteiger partial charge in [-0.2, -0.15) is 0 Å². The van der Waals surface area contributed by atoms with E-state index in [0.29, 0.717) is 24.0 Å². The Kier molecular flexibility index (Phi) is 5.92. The smallest absolute Gasteiger partial charge is 0.254 e. The van der Waals surface area contributed by atoms with Gasteiger partial charge in [-0.1, -0.05) is 12.8 Å². The third-order valence-corrected chi connectivity index (χ3v) is 3.99. The molecule has 0 aliphatic heterocycles. The molecule has 1 fully saturated rings. The number of ether oxygens (including phenoxy) is 1. The van der Waals surface area contributed by atoms with Crippen molar-refractivity contribution in [1.82, 2.24) is 4.90 Å². The Bertz CT molecular complexity index is 452. The Morgan fingerprint density at radius 2 is 1.90 bits per heavy atom. The highest BCUT2D eigenvalue weighted by Crippen LogP contribution is 2.25. The van der Waals surface area contributed by atoms with Crippen LogP contribution in [0.15, 0.2) is 24.3 Å². The second kappa shape index (κ2) is 7.69. The average Bonchev–Trinajstić information content (AvgIpc) is 2.98. The van der Waals surface area contributed by atoms with E-state index in [0.717, 1.165) is 18.6 Å². The molecular weight excluding hydrogens is 286 g/mol. The summed E-state index contributed by atoms with van der Waals surface area (Å²) in [7, 11) is 0. The number of carbonyl (C=O) groups is 1. The zero-order valence-electron chi connectivity index (χ0n) is 12.8. The molecular formula is C17H24ClNO2. The molecule has 1 aliphatic carbocycles. The van der Waals surface area contributed by atoms with Crippen LogP contribution in [0, 0.1) is 0 Å². The zero-order chi connectivity index (χ0) is 15.2. The van der Waals surface area contributed by atoms with E-state index in [1.165, 1.54) is 12.8 Å². The topological polar surface area (TPSA) is 29.5 Å². The molecule has 21 heavy (non-hydrogen) atoms. The molecule has 2 rings (SSSR count). The van der Waals surface area contributed by atoms with Crippen LogP contribution >= 0.6 is 11.6 Å². The van der Waals surface area contributed by atoms with Crippen molar-refractivity contribution in [3.05, 3.63) is 29.8 Å². The van der Waals surface area contributed by atoms with Crippen LogP contribution in [-0.4, -0.2) is 35.4 Å². The molecule has 0 N–H and O–H groups in total. The molecule has 1 amide bonds. The van der Waals surface area contributed by atoms with Crippen molar-refractivity contribution in [1.29, 1.82) is 0 Å². The lowest BCUT2D eigenvalue weighted by atomic mass is 10.1. The quantitative estimate of drug-likeness (QED) is 0.740. The number of hydrogen-bond donors (Lipinski definition) is 0. The van der Waals surface area contributed by atoms with Gasteiger partial charge in [0.1, 0.15) is 5.75 Å². The van der Waals surface area contributed by atoms with Crippen LogP contribution in [0.3, 0.4) is 0 Å². The Hall–Kier alpha value is -1.22. The van der Waals surface area contributed by atoms with E-state index >= 15 is 0 Å². The number of hydrogen-bond acceptors (Lipinski definition) is 2. The van der Waals surface area contributed by atoms with Crippen molar-refractivity contribution in [2.45, 2.75) is 51.7 Å². The van der Waals surface area contributed by atoms with E-state index in [-0.39, 0.29) is 12.0 Å². The fourth-order valence-corrected chi connectivity index (χ4v) is 3.05. The normalized spacial score (nSPS) is 15.4. The summed E-state index contributed by atoms with van der Waals surface area (Å²) in [5, 5.41) is 0. The molecule has 1 aromatic rings. The molecule has 0 atom stereocenters. The van der Waals surface area contributed by atoms with Crippen molar-refractivity contribution >= 4 is 17.5 Å². The van der Waals surface area contributed by atoms with Gasteiger partial charge in [0, 0.05) is 24.0 Å². The first kappa shape index (κ1) is 16.2. The summed E-state index contributed by atoms with van der Waals surface area (Å²) in [6.07, 6.45) is 4.74. The van der Waals surface area contributed by atoms with Gasteiger partial charge in [0.2, 0.25) is 0 Å².